The van der Waals surface area contributed by atoms with Crippen LogP contribution in [0.5, 0.6) is 0 Å². The van der Waals surface area contributed by atoms with Crippen molar-refractivity contribution in [1.82, 2.24) is 0 Å². The summed E-state index contributed by atoms with van der Waals surface area (Å²) in [6, 6.07) is 0. The molecule has 0 N–H and O–H groups in total. The van der Waals surface area contributed by atoms with Gasteiger partial charge in [-0.1, -0.05) is 0 Å². The van der Waals surface area contributed by atoms with Crippen molar-refractivity contribution in [3.05, 3.63) is 0 Å². The highest BCUT2D eigenvalue weighted by atomic mass is 19.4. The van der Waals surface area contributed by atoms with Gasteiger partial charge in [0.1, 0.15) is 0 Å². The van der Waals surface area contributed by atoms with Gasteiger partial charge in [0, 0.05) is 14.2 Å². The van der Waals surface area contributed by atoms with E-state index in [1.807, 2.05) is 0 Å². The zero-order valence-electron chi connectivity index (χ0n) is 8.59. The molecule has 0 aromatic heterocycles. The number of hydrogen-bond donors (Lipinski definition) is 0. The van der Waals surface area contributed by atoms with E-state index in [0.717, 1.165) is 0 Å². The van der Waals surface area contributed by atoms with Crippen LogP contribution in [0.2, 0.25) is 0 Å². The average molecular weight is 280 g/mol. The molecule has 0 fully saturated rings. The minimum Gasteiger partial charge on any atom is -0.388 e. The summed E-state index contributed by atoms with van der Waals surface area (Å²) in [5.41, 5.74) is 0. The topological polar surface area (TPSA) is 9.23 Å². The molecular weight excluding hydrogens is 271 g/mol. The first-order chi connectivity index (χ1) is 7.42. The summed E-state index contributed by atoms with van der Waals surface area (Å²) in [6.45, 7) is -3.15. The van der Waals surface area contributed by atoms with Crippen molar-refractivity contribution in [1.29, 1.82) is 0 Å². The van der Waals surface area contributed by atoms with Crippen LogP contribution >= 0.6 is 0 Å². The van der Waals surface area contributed by atoms with E-state index in [2.05, 4.69) is 4.74 Å². The molecule has 0 unspecified atom stereocenters. The quantitative estimate of drug-likeness (QED) is 0.717. The van der Waals surface area contributed by atoms with Gasteiger partial charge in [-0.2, -0.15) is 26.3 Å². The van der Waals surface area contributed by atoms with Gasteiger partial charge in [0.25, 0.3) is 0 Å². The van der Waals surface area contributed by atoms with Crippen molar-refractivity contribution in [3.8, 4) is 0 Å². The predicted molar refractivity (Wildman–Crippen MR) is 39.8 cm³/mol. The molecule has 0 aromatic carbocycles. The Bertz CT molecular complexity index is 215. The lowest BCUT2D eigenvalue weighted by molar-refractivity contribution is -0.340. The van der Waals surface area contributed by atoms with Crippen LogP contribution in [0, 0.1) is 0 Å². The van der Waals surface area contributed by atoms with Gasteiger partial charge < -0.3 is 4.74 Å². The first kappa shape index (κ1) is 18.7. The van der Waals surface area contributed by atoms with Gasteiger partial charge in [0.05, 0.1) is 0 Å². The lowest BCUT2D eigenvalue weighted by atomic mass is 10.1. The molecule has 0 spiro atoms. The van der Waals surface area contributed by atoms with E-state index in [1.54, 1.807) is 14.2 Å². The number of ether oxygens (including phenoxy) is 1. The normalized spacial score (nSPS) is 13.4. The van der Waals surface area contributed by atoms with E-state index in [0.29, 0.717) is 0 Å². The molecule has 0 heterocycles. The fourth-order valence-corrected chi connectivity index (χ4v) is 0.465. The zero-order chi connectivity index (χ0) is 14.5. The molecule has 0 bridgehead atoms. The second-order valence-corrected chi connectivity index (χ2v) is 2.74. The maximum atomic E-state index is 12.0. The van der Waals surface area contributed by atoms with Crippen molar-refractivity contribution in [2.45, 2.75) is 24.2 Å². The lowest BCUT2D eigenvalue weighted by Gasteiger charge is -2.30. The van der Waals surface area contributed by atoms with E-state index < -0.39 is 30.9 Å². The summed E-state index contributed by atoms with van der Waals surface area (Å²) < 4.78 is 110. The molecule has 0 saturated heterocycles. The largest absolute Gasteiger partial charge is 0.388 e. The molecule has 1 nitrogen and oxygen atoms in total. The maximum absolute atomic E-state index is 12.0. The Labute approximate surface area is 90.5 Å². The minimum absolute atomic E-state index is 1.62. The van der Waals surface area contributed by atoms with Gasteiger partial charge in [-0.15, -0.1) is 0 Å². The number of hydrogen-bond acceptors (Lipinski definition) is 1. The Morgan fingerprint density at radius 3 is 1.41 bits per heavy atom. The Morgan fingerprint density at radius 2 is 1.24 bits per heavy atom. The third-order valence-electron chi connectivity index (χ3n) is 1.32. The van der Waals surface area contributed by atoms with E-state index in [4.69, 9.17) is 0 Å². The first-order valence-electron chi connectivity index (χ1n) is 3.80. The van der Waals surface area contributed by atoms with Crippen molar-refractivity contribution in [2.24, 2.45) is 0 Å². The van der Waals surface area contributed by atoms with Crippen LogP contribution in [0.4, 0.5) is 39.5 Å². The summed E-state index contributed by atoms with van der Waals surface area (Å²) in [4.78, 5) is 0. The zero-order valence-corrected chi connectivity index (χ0v) is 8.59. The molecular formula is C7H9F9O. The third-order valence-corrected chi connectivity index (χ3v) is 1.32. The van der Waals surface area contributed by atoms with Crippen LogP contribution in [-0.2, 0) is 4.74 Å². The minimum atomic E-state index is -6.43. The molecule has 17 heavy (non-hydrogen) atoms. The second kappa shape index (κ2) is 6.31. The summed E-state index contributed by atoms with van der Waals surface area (Å²) in [5.74, 6) is -18.5. The molecule has 0 amide bonds. The Kier molecular flexibility index (Phi) is 6.94. The molecule has 0 aromatic rings. The van der Waals surface area contributed by atoms with Gasteiger partial charge in [-0.3, -0.25) is 0 Å². The SMILES string of the molecule is COC.FCC(F)(F)C(F)(F)C(F)(F)C(F)F. The Hall–Kier alpha value is -0.670. The van der Waals surface area contributed by atoms with E-state index in [-0.39, 0.29) is 0 Å². The third kappa shape index (κ3) is 3.93. The van der Waals surface area contributed by atoms with Crippen LogP contribution in [0.3, 0.4) is 0 Å². The molecule has 0 aliphatic heterocycles. The molecule has 0 atom stereocenters. The molecule has 106 valence electrons. The van der Waals surface area contributed by atoms with Crippen molar-refractivity contribution in [2.75, 3.05) is 20.9 Å². The van der Waals surface area contributed by atoms with Gasteiger partial charge in [0.2, 0.25) is 0 Å². The number of methoxy groups -OCH3 is 1. The van der Waals surface area contributed by atoms with Crippen LogP contribution in [0.15, 0.2) is 0 Å². The van der Waals surface area contributed by atoms with Crippen molar-refractivity contribution in [3.63, 3.8) is 0 Å². The number of rotatable bonds is 4. The van der Waals surface area contributed by atoms with E-state index >= 15 is 0 Å². The molecule has 0 rings (SSSR count). The Balaban J connectivity index is 0. The fourth-order valence-electron chi connectivity index (χ4n) is 0.465. The average Bonchev–Trinajstić information content (AvgIpc) is 2.18. The van der Waals surface area contributed by atoms with Crippen molar-refractivity contribution >= 4 is 0 Å². The smallest absolute Gasteiger partial charge is 0.380 e. The second-order valence-electron chi connectivity index (χ2n) is 2.74. The highest BCUT2D eigenvalue weighted by Gasteiger charge is 2.75. The molecule has 0 saturated carbocycles. The molecule has 0 radical (unpaired) electrons. The molecule has 0 aliphatic rings. The maximum Gasteiger partial charge on any atom is 0.380 e. The van der Waals surface area contributed by atoms with Gasteiger partial charge in [-0.05, 0) is 0 Å². The summed E-state index contributed by atoms with van der Waals surface area (Å²) >= 11 is 0. The lowest BCUT2D eigenvalue weighted by Crippen LogP contribution is -2.58. The highest BCUT2D eigenvalue weighted by Crippen LogP contribution is 2.48. The first-order valence-corrected chi connectivity index (χ1v) is 3.80. The van der Waals surface area contributed by atoms with Crippen LogP contribution in [0.1, 0.15) is 0 Å². The van der Waals surface area contributed by atoms with Gasteiger partial charge in [-0.25, -0.2) is 13.2 Å². The van der Waals surface area contributed by atoms with E-state index in [9.17, 15) is 39.5 Å². The standard InChI is InChI=1S/C5H3F9.C2H6O/c6-1-3(9,10)5(13,14)4(11,12)2(7)8;1-3-2/h2H,1H2;1-2H3. The van der Waals surface area contributed by atoms with Crippen LogP contribution in [0.25, 0.3) is 0 Å². The predicted octanol–water partition coefficient (Wildman–Crippen LogP) is 3.39. The van der Waals surface area contributed by atoms with Crippen molar-refractivity contribution < 1.29 is 44.3 Å². The highest BCUT2D eigenvalue weighted by molar-refractivity contribution is 4.97. The fraction of sp³-hybridized carbons (Fsp3) is 1.00. The summed E-state index contributed by atoms with van der Waals surface area (Å²) in [5, 5.41) is 0. The number of alkyl halides is 9. The number of halogens is 9. The monoisotopic (exact) mass is 280 g/mol. The van der Waals surface area contributed by atoms with Gasteiger partial charge in [0.15, 0.2) is 6.67 Å². The van der Waals surface area contributed by atoms with Crippen LogP contribution in [-0.4, -0.2) is 45.1 Å². The molecule has 0 aliphatic carbocycles. The Morgan fingerprint density at radius 1 is 0.941 bits per heavy atom. The van der Waals surface area contributed by atoms with Crippen LogP contribution < -0.4 is 0 Å². The van der Waals surface area contributed by atoms with Gasteiger partial charge >= 0.3 is 24.2 Å². The summed E-state index contributed by atoms with van der Waals surface area (Å²) in [6.07, 6.45) is -5.00. The molecule has 10 heteroatoms. The summed E-state index contributed by atoms with van der Waals surface area (Å²) in [7, 11) is 3.25. The van der Waals surface area contributed by atoms with E-state index in [1.165, 1.54) is 0 Å².